The van der Waals surface area contributed by atoms with E-state index in [9.17, 15) is 0 Å². The summed E-state index contributed by atoms with van der Waals surface area (Å²) in [5.74, 6) is 7.89. The summed E-state index contributed by atoms with van der Waals surface area (Å²) in [5, 5.41) is 0. The van der Waals surface area contributed by atoms with Gasteiger partial charge in [-0.05, 0) is 12.8 Å². The first-order chi connectivity index (χ1) is 8.83. The molecule has 1 aromatic heterocycles. The van der Waals surface area contributed by atoms with Crippen LogP contribution >= 0.6 is 0 Å². The molecular weight excluding hydrogens is 238 g/mol. The maximum atomic E-state index is 5.51. The number of rotatable bonds is 5. The molecule has 0 fully saturated rings. The van der Waals surface area contributed by atoms with Gasteiger partial charge in [-0.15, -0.1) is 0 Å². The van der Waals surface area contributed by atoms with E-state index in [1.54, 1.807) is 0 Å². The normalized spacial score (nSPS) is 11.8. The lowest BCUT2D eigenvalue weighted by Crippen LogP contribution is -2.32. The van der Waals surface area contributed by atoms with Crippen LogP contribution in [0.2, 0.25) is 0 Å². The summed E-state index contributed by atoms with van der Waals surface area (Å²) in [6.07, 6.45) is 2.18. The Kier molecular flexibility index (Phi) is 5.11. The van der Waals surface area contributed by atoms with Gasteiger partial charge in [0.15, 0.2) is 0 Å². The van der Waals surface area contributed by atoms with Gasteiger partial charge in [0, 0.05) is 24.6 Å². The molecule has 0 unspecified atom stereocenters. The third-order valence-corrected chi connectivity index (χ3v) is 3.38. The minimum Gasteiger partial charge on any atom is -0.357 e. The van der Waals surface area contributed by atoms with Crippen molar-refractivity contribution in [3.8, 4) is 0 Å². The molecule has 1 aromatic rings. The van der Waals surface area contributed by atoms with E-state index in [1.807, 2.05) is 6.07 Å². The molecule has 1 heterocycles. The zero-order valence-corrected chi connectivity index (χ0v) is 13.0. The summed E-state index contributed by atoms with van der Waals surface area (Å²) in [7, 11) is 2.08. The fraction of sp³-hybridized carbons (Fsp3) is 0.714. The van der Waals surface area contributed by atoms with Crippen LogP contribution in [0.3, 0.4) is 0 Å². The van der Waals surface area contributed by atoms with Crippen LogP contribution in [-0.2, 0) is 5.41 Å². The number of nitrogens with zero attached hydrogens (tertiary/aromatic N) is 3. The highest BCUT2D eigenvalue weighted by Gasteiger charge is 2.21. The molecule has 0 aromatic carbocycles. The third-order valence-electron chi connectivity index (χ3n) is 3.38. The molecule has 3 N–H and O–H groups in total. The van der Waals surface area contributed by atoms with Crippen LogP contribution in [0.25, 0.3) is 0 Å². The van der Waals surface area contributed by atoms with Gasteiger partial charge in [-0.3, -0.25) is 0 Å². The van der Waals surface area contributed by atoms with Crippen molar-refractivity contribution in [1.82, 2.24) is 9.97 Å². The smallest absolute Gasteiger partial charge is 0.145 e. The predicted octanol–water partition coefficient (Wildman–Crippen LogP) is 2.68. The maximum absolute atomic E-state index is 5.51. The van der Waals surface area contributed by atoms with Crippen LogP contribution in [0.1, 0.15) is 53.3 Å². The molecule has 0 aliphatic rings. The van der Waals surface area contributed by atoms with Crippen molar-refractivity contribution in [2.45, 2.75) is 58.9 Å². The average Bonchev–Trinajstić information content (AvgIpc) is 2.38. The van der Waals surface area contributed by atoms with Crippen LogP contribution in [-0.4, -0.2) is 23.1 Å². The molecule has 5 nitrogen and oxygen atoms in total. The van der Waals surface area contributed by atoms with Crippen LogP contribution in [0.4, 0.5) is 11.6 Å². The second kappa shape index (κ2) is 6.19. The largest absolute Gasteiger partial charge is 0.357 e. The third kappa shape index (κ3) is 3.80. The van der Waals surface area contributed by atoms with Gasteiger partial charge in [-0.1, -0.05) is 34.6 Å². The molecule has 0 bridgehead atoms. The number of hydrogen-bond donors (Lipinski definition) is 2. The van der Waals surface area contributed by atoms with Crippen molar-refractivity contribution in [3.63, 3.8) is 0 Å². The fourth-order valence-corrected chi connectivity index (χ4v) is 2.05. The summed E-state index contributed by atoms with van der Waals surface area (Å²) in [4.78, 5) is 11.3. The molecule has 0 spiro atoms. The topological polar surface area (TPSA) is 67.1 Å². The minimum atomic E-state index is -0.101. The fourth-order valence-electron chi connectivity index (χ4n) is 2.05. The number of nitrogens with two attached hydrogens (primary N) is 1. The summed E-state index contributed by atoms with van der Waals surface area (Å²) < 4.78 is 0. The SMILES string of the molecule is CCC(CC)N(C)c1cc(NN)nc(C(C)(C)C)n1. The molecule has 0 atom stereocenters. The standard InChI is InChI=1S/C14H27N5/c1-7-10(8-2)19(6)12-9-11(18-15)16-13(17-12)14(3,4)5/h9-10H,7-8,15H2,1-6H3,(H,16,17,18). The van der Waals surface area contributed by atoms with Gasteiger partial charge in [-0.2, -0.15) is 0 Å². The Morgan fingerprint density at radius 2 is 1.84 bits per heavy atom. The number of nitrogen functional groups attached to an aromatic ring is 1. The summed E-state index contributed by atoms with van der Waals surface area (Å²) in [6, 6.07) is 2.38. The number of anilines is 2. The molecule has 108 valence electrons. The molecule has 0 radical (unpaired) electrons. The molecule has 0 aliphatic carbocycles. The molecule has 0 aliphatic heterocycles. The Labute approximate surface area is 116 Å². The number of hydrazine groups is 1. The Bertz CT molecular complexity index is 407. The van der Waals surface area contributed by atoms with Crippen molar-refractivity contribution in [2.75, 3.05) is 17.4 Å². The molecule has 0 saturated heterocycles. The molecule has 19 heavy (non-hydrogen) atoms. The lowest BCUT2D eigenvalue weighted by molar-refractivity contribution is 0.538. The molecule has 1 rings (SSSR count). The van der Waals surface area contributed by atoms with E-state index in [-0.39, 0.29) is 5.41 Å². The summed E-state index contributed by atoms with van der Waals surface area (Å²) in [5.41, 5.74) is 2.53. The summed E-state index contributed by atoms with van der Waals surface area (Å²) in [6.45, 7) is 10.7. The molecular formula is C14H27N5. The van der Waals surface area contributed by atoms with Gasteiger partial charge in [0.1, 0.15) is 17.5 Å². The van der Waals surface area contributed by atoms with Crippen molar-refractivity contribution in [3.05, 3.63) is 11.9 Å². The van der Waals surface area contributed by atoms with Gasteiger partial charge in [0.25, 0.3) is 0 Å². The highest BCUT2D eigenvalue weighted by molar-refractivity contribution is 5.49. The Morgan fingerprint density at radius 3 is 2.26 bits per heavy atom. The van der Waals surface area contributed by atoms with Gasteiger partial charge < -0.3 is 10.3 Å². The lowest BCUT2D eigenvalue weighted by Gasteiger charge is -2.29. The van der Waals surface area contributed by atoms with E-state index in [0.717, 1.165) is 24.5 Å². The first-order valence-electron chi connectivity index (χ1n) is 6.92. The highest BCUT2D eigenvalue weighted by atomic mass is 15.3. The van der Waals surface area contributed by atoms with Gasteiger partial charge in [0.05, 0.1) is 0 Å². The molecule has 0 saturated carbocycles. The minimum absolute atomic E-state index is 0.101. The van der Waals surface area contributed by atoms with E-state index in [2.05, 4.69) is 62.0 Å². The number of nitrogens with one attached hydrogen (secondary N) is 1. The van der Waals surface area contributed by atoms with E-state index < -0.39 is 0 Å². The van der Waals surface area contributed by atoms with Crippen LogP contribution in [0.15, 0.2) is 6.07 Å². The van der Waals surface area contributed by atoms with Crippen molar-refractivity contribution >= 4 is 11.6 Å². The van der Waals surface area contributed by atoms with Gasteiger partial charge >= 0.3 is 0 Å². The Balaban J connectivity index is 3.20. The van der Waals surface area contributed by atoms with Gasteiger partial charge in [-0.25, -0.2) is 15.8 Å². The van der Waals surface area contributed by atoms with Gasteiger partial charge in [0.2, 0.25) is 0 Å². The Morgan fingerprint density at radius 1 is 1.26 bits per heavy atom. The average molecular weight is 265 g/mol. The first-order valence-corrected chi connectivity index (χ1v) is 6.92. The zero-order chi connectivity index (χ0) is 14.6. The second-order valence-corrected chi connectivity index (χ2v) is 5.91. The zero-order valence-electron chi connectivity index (χ0n) is 13.0. The summed E-state index contributed by atoms with van der Waals surface area (Å²) >= 11 is 0. The quantitative estimate of drug-likeness (QED) is 0.633. The highest BCUT2D eigenvalue weighted by Crippen LogP contribution is 2.25. The molecule has 0 amide bonds. The Hall–Kier alpha value is -1.36. The van der Waals surface area contributed by atoms with Crippen molar-refractivity contribution in [1.29, 1.82) is 0 Å². The number of aromatic nitrogens is 2. The van der Waals surface area contributed by atoms with E-state index in [0.29, 0.717) is 11.9 Å². The van der Waals surface area contributed by atoms with E-state index >= 15 is 0 Å². The predicted molar refractivity (Wildman–Crippen MR) is 81.3 cm³/mol. The van der Waals surface area contributed by atoms with E-state index in [1.165, 1.54) is 0 Å². The first kappa shape index (κ1) is 15.7. The second-order valence-electron chi connectivity index (χ2n) is 5.91. The van der Waals surface area contributed by atoms with Crippen molar-refractivity contribution in [2.24, 2.45) is 5.84 Å². The molecule has 5 heteroatoms. The van der Waals surface area contributed by atoms with Crippen LogP contribution in [0, 0.1) is 0 Å². The number of hydrogen-bond acceptors (Lipinski definition) is 5. The van der Waals surface area contributed by atoms with Crippen LogP contribution < -0.4 is 16.2 Å². The lowest BCUT2D eigenvalue weighted by atomic mass is 9.95. The van der Waals surface area contributed by atoms with Crippen LogP contribution in [0.5, 0.6) is 0 Å². The maximum Gasteiger partial charge on any atom is 0.145 e. The van der Waals surface area contributed by atoms with Crippen molar-refractivity contribution < 1.29 is 0 Å². The monoisotopic (exact) mass is 265 g/mol. The van der Waals surface area contributed by atoms with E-state index in [4.69, 9.17) is 5.84 Å².